The van der Waals surface area contributed by atoms with E-state index in [-0.39, 0.29) is 17.0 Å². The summed E-state index contributed by atoms with van der Waals surface area (Å²) in [5, 5.41) is 0. The Kier molecular flexibility index (Phi) is 4.30. The van der Waals surface area contributed by atoms with E-state index in [1.54, 1.807) is 0 Å². The molecule has 1 heterocycles. The number of carbonyl (C=O) groups excluding carboxylic acids is 1. The minimum atomic E-state index is -0.300. The molecule has 1 fully saturated rings. The molecule has 1 aromatic rings. The van der Waals surface area contributed by atoms with Crippen LogP contribution in [0.5, 0.6) is 0 Å². The van der Waals surface area contributed by atoms with Gasteiger partial charge in [0.2, 0.25) is 0 Å². The number of hydrogen-bond acceptors (Lipinski definition) is 2. The van der Waals surface area contributed by atoms with E-state index in [0.29, 0.717) is 11.7 Å². The van der Waals surface area contributed by atoms with Crippen LogP contribution in [0.25, 0.3) is 0 Å². The molecule has 0 bridgehead atoms. The molecule has 0 spiro atoms. The number of benzene rings is 1. The lowest BCUT2D eigenvalue weighted by Gasteiger charge is -2.40. The maximum atomic E-state index is 13.1. The molecular formula is C19H29NO. The molecular weight excluding hydrogens is 258 g/mol. The van der Waals surface area contributed by atoms with Gasteiger partial charge in [-0.3, -0.25) is 9.69 Å². The Morgan fingerprint density at radius 2 is 1.62 bits per heavy atom. The van der Waals surface area contributed by atoms with Crippen LogP contribution in [0.4, 0.5) is 0 Å². The molecule has 0 aromatic heterocycles. The zero-order valence-corrected chi connectivity index (χ0v) is 14.3. The van der Waals surface area contributed by atoms with Gasteiger partial charge in [-0.1, -0.05) is 51.1 Å². The molecule has 0 amide bonds. The van der Waals surface area contributed by atoms with Gasteiger partial charge in [-0.15, -0.1) is 0 Å². The van der Waals surface area contributed by atoms with Gasteiger partial charge in [0.05, 0.1) is 6.04 Å². The Bertz CT molecular complexity index is 493. The van der Waals surface area contributed by atoms with Crippen molar-refractivity contribution in [3.63, 3.8) is 0 Å². The minimum Gasteiger partial charge on any atom is -0.297 e. The van der Waals surface area contributed by atoms with E-state index in [1.165, 1.54) is 5.56 Å². The summed E-state index contributed by atoms with van der Waals surface area (Å²) >= 11 is 0. The molecule has 2 rings (SSSR count). The van der Waals surface area contributed by atoms with Crippen molar-refractivity contribution >= 4 is 5.78 Å². The van der Waals surface area contributed by atoms with Crippen molar-refractivity contribution in [2.75, 3.05) is 6.54 Å². The lowest BCUT2D eigenvalue weighted by Crippen LogP contribution is -2.52. The van der Waals surface area contributed by atoms with Gasteiger partial charge in [0, 0.05) is 23.4 Å². The van der Waals surface area contributed by atoms with Crippen LogP contribution in [0.3, 0.4) is 0 Å². The molecule has 0 N–H and O–H groups in total. The molecule has 2 unspecified atom stereocenters. The van der Waals surface area contributed by atoms with E-state index in [2.05, 4.69) is 49.9 Å². The standard InChI is InChI=1S/C19H29NO/c1-18(2,3)17(21)16-15(14-10-8-7-9-11-14)12-13-20(16)19(4,5)6/h7-11,15-16H,12-13H2,1-6H3. The maximum Gasteiger partial charge on any atom is 0.155 e. The first kappa shape index (κ1) is 16.2. The van der Waals surface area contributed by atoms with Crippen LogP contribution in [0, 0.1) is 5.41 Å². The summed E-state index contributed by atoms with van der Waals surface area (Å²) in [7, 11) is 0. The van der Waals surface area contributed by atoms with Crippen LogP contribution < -0.4 is 0 Å². The summed E-state index contributed by atoms with van der Waals surface area (Å²) in [6, 6.07) is 10.5. The number of Topliss-reactive ketones (excluding diaryl/α,β-unsaturated/α-hetero) is 1. The van der Waals surface area contributed by atoms with E-state index in [4.69, 9.17) is 0 Å². The van der Waals surface area contributed by atoms with Crippen molar-refractivity contribution in [3.05, 3.63) is 35.9 Å². The number of carbonyl (C=O) groups is 1. The molecule has 0 aliphatic carbocycles. The lowest BCUT2D eigenvalue weighted by molar-refractivity contribution is -0.133. The van der Waals surface area contributed by atoms with Crippen LogP contribution in [0.1, 0.15) is 59.4 Å². The molecule has 1 aliphatic rings. The minimum absolute atomic E-state index is 0.00704. The number of likely N-dealkylation sites (tertiary alicyclic amines) is 1. The van der Waals surface area contributed by atoms with Crippen LogP contribution in [-0.4, -0.2) is 28.8 Å². The molecule has 1 aromatic carbocycles. The average molecular weight is 287 g/mol. The summed E-state index contributed by atoms with van der Waals surface area (Å²) in [6.45, 7) is 13.7. The first-order valence-electron chi connectivity index (χ1n) is 7.98. The van der Waals surface area contributed by atoms with Crippen molar-refractivity contribution in [1.29, 1.82) is 0 Å². The highest BCUT2D eigenvalue weighted by atomic mass is 16.1. The molecule has 2 atom stereocenters. The van der Waals surface area contributed by atoms with E-state index < -0.39 is 0 Å². The highest BCUT2D eigenvalue weighted by Gasteiger charge is 2.46. The number of nitrogens with zero attached hydrogens (tertiary/aromatic N) is 1. The monoisotopic (exact) mass is 287 g/mol. The Morgan fingerprint density at radius 1 is 1.05 bits per heavy atom. The molecule has 0 saturated carbocycles. The summed E-state index contributed by atoms with van der Waals surface area (Å²) in [5.74, 6) is 0.681. The van der Waals surface area contributed by atoms with Crippen molar-refractivity contribution in [3.8, 4) is 0 Å². The lowest BCUT2D eigenvalue weighted by atomic mass is 9.79. The van der Waals surface area contributed by atoms with E-state index in [0.717, 1.165) is 13.0 Å². The Labute approximate surface area is 129 Å². The predicted octanol–water partition coefficient (Wildman–Crippen LogP) is 4.26. The predicted molar refractivity (Wildman–Crippen MR) is 88.5 cm³/mol. The number of ketones is 1. The van der Waals surface area contributed by atoms with Crippen LogP contribution in [-0.2, 0) is 4.79 Å². The third-order valence-electron chi connectivity index (χ3n) is 4.50. The highest BCUT2D eigenvalue weighted by molar-refractivity contribution is 5.90. The molecule has 1 saturated heterocycles. The fourth-order valence-electron chi connectivity index (χ4n) is 3.36. The van der Waals surface area contributed by atoms with Crippen LogP contribution in [0.15, 0.2) is 30.3 Å². The summed E-state index contributed by atoms with van der Waals surface area (Å²) in [5.41, 5.74) is 1.02. The third-order valence-corrected chi connectivity index (χ3v) is 4.50. The molecule has 21 heavy (non-hydrogen) atoms. The largest absolute Gasteiger partial charge is 0.297 e. The van der Waals surface area contributed by atoms with Gasteiger partial charge in [-0.05, 0) is 32.8 Å². The van der Waals surface area contributed by atoms with Crippen molar-refractivity contribution < 1.29 is 4.79 Å². The number of hydrogen-bond donors (Lipinski definition) is 0. The molecule has 2 nitrogen and oxygen atoms in total. The van der Waals surface area contributed by atoms with E-state index >= 15 is 0 Å². The van der Waals surface area contributed by atoms with Gasteiger partial charge in [0.25, 0.3) is 0 Å². The van der Waals surface area contributed by atoms with Crippen molar-refractivity contribution in [2.45, 2.75) is 65.5 Å². The summed E-state index contributed by atoms with van der Waals surface area (Å²) < 4.78 is 0. The first-order valence-corrected chi connectivity index (χ1v) is 7.98. The Balaban J connectivity index is 2.40. The Hall–Kier alpha value is -1.15. The van der Waals surface area contributed by atoms with Gasteiger partial charge >= 0.3 is 0 Å². The van der Waals surface area contributed by atoms with Crippen LogP contribution in [0.2, 0.25) is 0 Å². The smallest absolute Gasteiger partial charge is 0.155 e. The quantitative estimate of drug-likeness (QED) is 0.810. The van der Waals surface area contributed by atoms with Gasteiger partial charge in [0.1, 0.15) is 0 Å². The first-order chi connectivity index (χ1) is 9.62. The second kappa shape index (κ2) is 5.57. The van der Waals surface area contributed by atoms with Crippen molar-refractivity contribution in [1.82, 2.24) is 4.90 Å². The molecule has 1 aliphatic heterocycles. The summed E-state index contributed by atoms with van der Waals surface area (Å²) in [6.07, 6.45) is 1.06. The SMILES string of the molecule is CC(C)(C)C(=O)C1C(c2ccccc2)CCN1C(C)(C)C. The second-order valence-corrected chi connectivity index (χ2v) is 8.23. The third kappa shape index (κ3) is 3.37. The zero-order chi connectivity index (χ0) is 15.8. The second-order valence-electron chi connectivity index (χ2n) is 8.23. The fourth-order valence-corrected chi connectivity index (χ4v) is 3.36. The molecule has 0 radical (unpaired) electrons. The van der Waals surface area contributed by atoms with Crippen LogP contribution >= 0.6 is 0 Å². The highest BCUT2D eigenvalue weighted by Crippen LogP contribution is 2.40. The van der Waals surface area contributed by atoms with E-state index in [9.17, 15) is 4.79 Å². The topological polar surface area (TPSA) is 20.3 Å². The van der Waals surface area contributed by atoms with Gasteiger partial charge in [-0.2, -0.15) is 0 Å². The van der Waals surface area contributed by atoms with Gasteiger partial charge in [0.15, 0.2) is 5.78 Å². The normalized spacial score (nSPS) is 24.3. The maximum absolute atomic E-state index is 13.1. The summed E-state index contributed by atoms with van der Waals surface area (Å²) in [4.78, 5) is 15.5. The number of rotatable bonds is 2. The van der Waals surface area contributed by atoms with Gasteiger partial charge in [-0.25, -0.2) is 0 Å². The van der Waals surface area contributed by atoms with Crippen molar-refractivity contribution in [2.24, 2.45) is 5.41 Å². The van der Waals surface area contributed by atoms with Gasteiger partial charge < -0.3 is 0 Å². The fraction of sp³-hybridized carbons (Fsp3) is 0.632. The molecule has 116 valence electrons. The average Bonchev–Trinajstić information content (AvgIpc) is 2.82. The zero-order valence-electron chi connectivity index (χ0n) is 14.3. The van der Waals surface area contributed by atoms with E-state index in [1.807, 2.05) is 26.8 Å². The Morgan fingerprint density at radius 3 is 2.10 bits per heavy atom. The molecule has 2 heteroatoms.